The lowest BCUT2D eigenvalue weighted by molar-refractivity contribution is -0.123. The van der Waals surface area contributed by atoms with E-state index in [2.05, 4.69) is 10.3 Å². The average molecular weight is 325 g/mol. The minimum Gasteiger partial charge on any atom is -0.478 e. The van der Waals surface area contributed by atoms with Gasteiger partial charge in [-0.15, -0.1) is 0 Å². The fourth-order valence-electron chi connectivity index (χ4n) is 3.51. The van der Waals surface area contributed by atoms with Crippen molar-refractivity contribution in [2.45, 2.75) is 25.4 Å². The molecule has 3 heterocycles. The normalized spacial score (nSPS) is 22.5. The van der Waals surface area contributed by atoms with Gasteiger partial charge in [-0.25, -0.2) is 0 Å². The van der Waals surface area contributed by atoms with Crippen LogP contribution in [0.25, 0.3) is 0 Å². The van der Waals surface area contributed by atoms with Gasteiger partial charge >= 0.3 is 0 Å². The highest BCUT2D eigenvalue weighted by molar-refractivity contribution is 5.98. The number of aromatic nitrogens is 1. The maximum absolute atomic E-state index is 12.3. The molecule has 1 aromatic heterocycles. The number of ether oxygens (including phenoxy) is 1. The van der Waals surface area contributed by atoms with Gasteiger partial charge in [-0.05, 0) is 24.1 Å². The monoisotopic (exact) mass is 325 g/mol. The highest BCUT2D eigenvalue weighted by Gasteiger charge is 2.35. The average Bonchev–Trinajstić information content (AvgIpc) is 3.07. The Kier molecular flexibility index (Phi) is 3.33. The lowest BCUT2D eigenvalue weighted by Gasteiger charge is -2.33. The number of fused-ring (bicyclic) bond motifs is 2. The molecule has 6 heteroatoms. The van der Waals surface area contributed by atoms with E-state index in [1.165, 1.54) is 0 Å². The van der Waals surface area contributed by atoms with Crippen molar-refractivity contribution >= 4 is 17.5 Å². The Labute approximate surface area is 139 Å². The van der Waals surface area contributed by atoms with Gasteiger partial charge < -0.3 is 19.9 Å². The number of likely N-dealkylation sites (N-methyl/N-ethyl adjacent to an activating group) is 1. The second-order valence-corrected chi connectivity index (χ2v) is 6.27. The second-order valence-electron chi connectivity index (χ2n) is 6.27. The zero-order valence-electron chi connectivity index (χ0n) is 13.6. The van der Waals surface area contributed by atoms with Crippen molar-refractivity contribution in [1.29, 1.82) is 0 Å². The summed E-state index contributed by atoms with van der Waals surface area (Å²) in [7, 11) is 1.80. The second kappa shape index (κ2) is 5.40. The van der Waals surface area contributed by atoms with Crippen LogP contribution in [0.1, 0.15) is 40.9 Å². The molecule has 0 bridgehead atoms. The first-order valence-corrected chi connectivity index (χ1v) is 8.13. The first kappa shape index (κ1) is 14.8. The third-order valence-electron chi connectivity index (χ3n) is 4.77. The Bertz CT molecular complexity index is 827. The molecule has 2 aromatic rings. The number of carbonyl (C=O) groups is 2. The van der Waals surface area contributed by atoms with Crippen molar-refractivity contribution in [3.8, 4) is 5.75 Å². The van der Waals surface area contributed by atoms with Crippen LogP contribution in [-0.4, -0.2) is 41.4 Å². The number of para-hydroxylation sites is 1. The number of hydrogen-bond donors (Lipinski definition) is 2. The number of hydrogen-bond acceptors (Lipinski definition) is 3. The molecule has 0 spiro atoms. The van der Waals surface area contributed by atoms with Crippen LogP contribution < -0.4 is 10.1 Å². The number of carbonyl (C=O) groups excluding carboxylic acids is 2. The lowest BCUT2D eigenvalue weighted by Crippen LogP contribution is -2.39. The van der Waals surface area contributed by atoms with E-state index in [9.17, 15) is 9.59 Å². The van der Waals surface area contributed by atoms with E-state index in [-0.39, 0.29) is 17.7 Å². The van der Waals surface area contributed by atoms with E-state index in [1.54, 1.807) is 18.1 Å². The van der Waals surface area contributed by atoms with Crippen molar-refractivity contribution in [3.05, 3.63) is 47.3 Å². The van der Waals surface area contributed by atoms with Crippen molar-refractivity contribution in [3.63, 3.8) is 0 Å². The van der Waals surface area contributed by atoms with Gasteiger partial charge in [0.05, 0.1) is 5.69 Å². The van der Waals surface area contributed by atoms with Crippen LogP contribution in [0, 0.1) is 0 Å². The molecule has 0 saturated carbocycles. The highest BCUT2D eigenvalue weighted by atomic mass is 16.5. The van der Waals surface area contributed by atoms with Crippen molar-refractivity contribution in [2.24, 2.45) is 0 Å². The Morgan fingerprint density at radius 3 is 2.88 bits per heavy atom. The van der Waals surface area contributed by atoms with Gasteiger partial charge in [0.25, 0.3) is 11.8 Å². The fourth-order valence-corrected chi connectivity index (χ4v) is 3.51. The maximum Gasteiger partial charge on any atom is 0.270 e. The maximum atomic E-state index is 12.3. The number of anilines is 1. The van der Waals surface area contributed by atoms with Crippen molar-refractivity contribution in [2.75, 3.05) is 18.9 Å². The molecule has 124 valence electrons. The predicted octanol–water partition coefficient (Wildman–Crippen LogP) is 2.34. The molecule has 1 aromatic carbocycles. The fraction of sp³-hybridized carbons (Fsp3) is 0.333. The number of rotatable bonds is 2. The summed E-state index contributed by atoms with van der Waals surface area (Å²) in [5.74, 6) is 0.609. The summed E-state index contributed by atoms with van der Waals surface area (Å²) in [6.45, 7) is 2.50. The summed E-state index contributed by atoms with van der Waals surface area (Å²) in [6.07, 6.45) is 1.92. The summed E-state index contributed by atoms with van der Waals surface area (Å²) in [5.41, 5.74) is 3.28. The summed E-state index contributed by atoms with van der Waals surface area (Å²) in [5, 5.41) is 2.93. The van der Waals surface area contributed by atoms with E-state index in [0.29, 0.717) is 30.1 Å². The summed E-state index contributed by atoms with van der Waals surface area (Å²) < 4.78 is 6.01. The SMILES string of the molecule is CCC1Oc2c(cccc2C2CN(C)C(=O)c3[nH]ccc32)NC1=O. The molecule has 2 aliphatic rings. The van der Waals surface area contributed by atoms with Crippen LogP contribution in [0.4, 0.5) is 5.69 Å². The Morgan fingerprint density at radius 1 is 1.25 bits per heavy atom. The number of amides is 2. The topological polar surface area (TPSA) is 74.4 Å². The first-order chi connectivity index (χ1) is 11.6. The molecule has 2 unspecified atom stereocenters. The zero-order valence-corrected chi connectivity index (χ0v) is 13.6. The van der Waals surface area contributed by atoms with Crippen LogP contribution in [-0.2, 0) is 4.79 Å². The van der Waals surface area contributed by atoms with Gasteiger partial charge in [0.1, 0.15) is 11.4 Å². The molecule has 0 saturated heterocycles. The Balaban J connectivity index is 1.82. The van der Waals surface area contributed by atoms with Gasteiger partial charge in [-0.1, -0.05) is 19.1 Å². The van der Waals surface area contributed by atoms with Crippen molar-refractivity contribution < 1.29 is 14.3 Å². The molecule has 0 radical (unpaired) electrons. The zero-order chi connectivity index (χ0) is 16.8. The van der Waals surface area contributed by atoms with E-state index in [4.69, 9.17) is 4.74 Å². The van der Waals surface area contributed by atoms with E-state index < -0.39 is 6.10 Å². The molecule has 0 fully saturated rings. The van der Waals surface area contributed by atoms with Crippen LogP contribution in [0.2, 0.25) is 0 Å². The minimum atomic E-state index is -0.479. The summed E-state index contributed by atoms with van der Waals surface area (Å²) >= 11 is 0. The van der Waals surface area contributed by atoms with Crippen molar-refractivity contribution in [1.82, 2.24) is 9.88 Å². The predicted molar refractivity (Wildman–Crippen MR) is 89.4 cm³/mol. The van der Waals surface area contributed by atoms with Gasteiger partial charge in [0, 0.05) is 31.3 Å². The van der Waals surface area contributed by atoms with Crippen LogP contribution in [0.5, 0.6) is 5.75 Å². The molecule has 2 atom stereocenters. The number of nitrogens with zero attached hydrogens (tertiary/aromatic N) is 1. The van der Waals surface area contributed by atoms with Crippen LogP contribution in [0.15, 0.2) is 30.5 Å². The van der Waals surface area contributed by atoms with E-state index in [1.807, 2.05) is 31.2 Å². The number of H-pyrrole nitrogens is 1. The van der Waals surface area contributed by atoms with Gasteiger partial charge in [-0.3, -0.25) is 9.59 Å². The Morgan fingerprint density at radius 2 is 2.08 bits per heavy atom. The lowest BCUT2D eigenvalue weighted by atomic mass is 9.86. The van der Waals surface area contributed by atoms with Crippen LogP contribution in [0.3, 0.4) is 0 Å². The molecule has 2 aliphatic heterocycles. The molecule has 2 N–H and O–H groups in total. The van der Waals surface area contributed by atoms with Gasteiger partial charge in [0.2, 0.25) is 0 Å². The molecular weight excluding hydrogens is 306 g/mol. The third kappa shape index (κ3) is 2.10. The standard InChI is InChI=1S/C18H19N3O3/c1-3-14-17(22)20-13-6-4-5-11(16(13)24-14)12-9-21(2)18(23)15-10(12)7-8-19-15/h4-8,12,14,19H,3,9H2,1-2H3,(H,20,22). The third-order valence-corrected chi connectivity index (χ3v) is 4.77. The number of benzene rings is 1. The molecule has 2 amide bonds. The smallest absolute Gasteiger partial charge is 0.270 e. The Hall–Kier alpha value is -2.76. The van der Waals surface area contributed by atoms with E-state index in [0.717, 1.165) is 11.1 Å². The summed E-state index contributed by atoms with van der Waals surface area (Å²) in [4.78, 5) is 29.1. The molecular formula is C18H19N3O3. The van der Waals surface area contributed by atoms with E-state index >= 15 is 0 Å². The first-order valence-electron chi connectivity index (χ1n) is 8.13. The molecule has 6 nitrogen and oxygen atoms in total. The number of aromatic amines is 1. The highest BCUT2D eigenvalue weighted by Crippen LogP contribution is 2.42. The number of nitrogens with one attached hydrogen (secondary N) is 2. The summed E-state index contributed by atoms with van der Waals surface area (Å²) in [6, 6.07) is 7.71. The molecule has 0 aliphatic carbocycles. The van der Waals surface area contributed by atoms with Crippen LogP contribution >= 0.6 is 0 Å². The molecule has 24 heavy (non-hydrogen) atoms. The molecule has 4 rings (SSSR count). The van der Waals surface area contributed by atoms with Gasteiger partial charge in [0.15, 0.2) is 6.10 Å². The van der Waals surface area contributed by atoms with Gasteiger partial charge in [-0.2, -0.15) is 0 Å². The largest absolute Gasteiger partial charge is 0.478 e. The quantitative estimate of drug-likeness (QED) is 0.890. The minimum absolute atomic E-state index is 0.00305.